The maximum Gasteiger partial charge on any atom is 0.151 e. The Hall–Kier alpha value is -1.75. The zero-order valence-electron chi connectivity index (χ0n) is 8.87. The maximum absolute atomic E-state index is 13.3. The highest BCUT2D eigenvalue weighted by Crippen LogP contribution is 2.21. The van der Waals surface area contributed by atoms with Crippen LogP contribution in [0.1, 0.15) is 17.2 Å². The predicted octanol–water partition coefficient (Wildman–Crippen LogP) is 1.32. The van der Waals surface area contributed by atoms with E-state index in [1.807, 2.05) is 11.5 Å². The van der Waals surface area contributed by atoms with Crippen LogP contribution in [0.4, 0.5) is 4.39 Å². The Morgan fingerprint density at radius 3 is 3.06 bits per heavy atom. The highest BCUT2D eigenvalue weighted by Gasteiger charge is 2.17. The number of hydrogen-bond donors (Lipinski definition) is 1. The smallest absolute Gasteiger partial charge is 0.151 e. The van der Waals surface area contributed by atoms with Gasteiger partial charge in [-0.2, -0.15) is 0 Å². The second-order valence-corrected chi connectivity index (χ2v) is 3.88. The summed E-state index contributed by atoms with van der Waals surface area (Å²) in [5.41, 5.74) is 1.89. The van der Waals surface area contributed by atoms with Crippen molar-refractivity contribution in [1.29, 1.82) is 0 Å². The highest BCUT2D eigenvalue weighted by molar-refractivity contribution is 5.44. The molecule has 1 aromatic heterocycles. The molecule has 0 bridgehead atoms. The standard InChI is InChI=1S/C11H11FN4/c1-7-14-15-11-6-13-5-8-2-3-9(12)4-10(8)16(7)11/h2-4,13H,5-6H2,1H3. The molecule has 1 aliphatic heterocycles. The van der Waals surface area contributed by atoms with E-state index in [9.17, 15) is 4.39 Å². The van der Waals surface area contributed by atoms with E-state index in [2.05, 4.69) is 15.5 Å². The van der Waals surface area contributed by atoms with E-state index in [4.69, 9.17) is 0 Å². The molecule has 0 fully saturated rings. The lowest BCUT2D eigenvalue weighted by molar-refractivity contribution is 0.625. The molecule has 3 rings (SSSR count). The van der Waals surface area contributed by atoms with Gasteiger partial charge in [-0.05, 0) is 24.6 Å². The summed E-state index contributed by atoms with van der Waals surface area (Å²) in [7, 11) is 0. The van der Waals surface area contributed by atoms with Gasteiger partial charge in [-0.3, -0.25) is 4.57 Å². The molecule has 0 unspecified atom stereocenters. The van der Waals surface area contributed by atoms with Crippen molar-refractivity contribution < 1.29 is 4.39 Å². The molecule has 16 heavy (non-hydrogen) atoms. The van der Waals surface area contributed by atoms with E-state index in [0.717, 1.165) is 29.4 Å². The second-order valence-electron chi connectivity index (χ2n) is 3.88. The van der Waals surface area contributed by atoms with Crippen LogP contribution in [0.5, 0.6) is 0 Å². The molecule has 0 saturated carbocycles. The Kier molecular flexibility index (Phi) is 2.00. The number of nitrogens with one attached hydrogen (secondary N) is 1. The average Bonchev–Trinajstić information content (AvgIpc) is 2.53. The van der Waals surface area contributed by atoms with Gasteiger partial charge in [-0.1, -0.05) is 6.07 Å². The van der Waals surface area contributed by atoms with Crippen LogP contribution in [0, 0.1) is 12.7 Å². The van der Waals surface area contributed by atoms with E-state index in [1.54, 1.807) is 6.07 Å². The third-order valence-electron chi connectivity index (χ3n) is 2.78. The summed E-state index contributed by atoms with van der Waals surface area (Å²) in [5, 5.41) is 11.3. The lowest BCUT2D eigenvalue weighted by atomic mass is 10.1. The number of rotatable bonds is 0. The molecule has 0 saturated heterocycles. The highest BCUT2D eigenvalue weighted by atomic mass is 19.1. The molecule has 1 aromatic carbocycles. The molecule has 0 atom stereocenters. The first kappa shape index (κ1) is 9.47. The number of aryl methyl sites for hydroxylation is 1. The molecule has 1 N–H and O–H groups in total. The lowest BCUT2D eigenvalue weighted by Crippen LogP contribution is -2.11. The number of nitrogens with zero attached hydrogens (tertiary/aromatic N) is 3. The van der Waals surface area contributed by atoms with Crippen LogP contribution >= 0.6 is 0 Å². The summed E-state index contributed by atoms with van der Waals surface area (Å²) in [5.74, 6) is 1.37. The molecule has 0 amide bonds. The van der Waals surface area contributed by atoms with Crippen LogP contribution < -0.4 is 5.32 Å². The Labute approximate surface area is 92.1 Å². The van der Waals surface area contributed by atoms with Crippen molar-refractivity contribution in [2.75, 3.05) is 0 Å². The Morgan fingerprint density at radius 1 is 1.31 bits per heavy atom. The fraction of sp³-hybridized carbons (Fsp3) is 0.273. The third-order valence-corrected chi connectivity index (χ3v) is 2.78. The first-order chi connectivity index (χ1) is 7.75. The van der Waals surface area contributed by atoms with Crippen molar-refractivity contribution in [3.63, 3.8) is 0 Å². The van der Waals surface area contributed by atoms with Crippen LogP contribution in [0.25, 0.3) is 5.69 Å². The number of aromatic nitrogens is 3. The van der Waals surface area contributed by atoms with Gasteiger partial charge < -0.3 is 5.32 Å². The zero-order valence-corrected chi connectivity index (χ0v) is 8.87. The molecule has 82 valence electrons. The average molecular weight is 218 g/mol. The molecule has 4 nitrogen and oxygen atoms in total. The number of hydrogen-bond acceptors (Lipinski definition) is 3. The molecule has 2 aromatic rings. The fourth-order valence-corrected chi connectivity index (χ4v) is 2.04. The molecule has 1 aliphatic rings. The Bertz CT molecular complexity index is 547. The summed E-state index contributed by atoms with van der Waals surface area (Å²) in [6, 6.07) is 4.81. The summed E-state index contributed by atoms with van der Waals surface area (Å²) in [4.78, 5) is 0. The van der Waals surface area contributed by atoms with Gasteiger partial charge in [-0.25, -0.2) is 4.39 Å². The van der Waals surface area contributed by atoms with Crippen molar-refractivity contribution in [2.24, 2.45) is 0 Å². The zero-order chi connectivity index (χ0) is 11.1. The van der Waals surface area contributed by atoms with Gasteiger partial charge in [-0.15, -0.1) is 10.2 Å². The third kappa shape index (κ3) is 1.32. The van der Waals surface area contributed by atoms with E-state index in [0.29, 0.717) is 6.54 Å². The predicted molar refractivity (Wildman–Crippen MR) is 56.6 cm³/mol. The van der Waals surface area contributed by atoms with Gasteiger partial charge in [0.25, 0.3) is 0 Å². The van der Waals surface area contributed by atoms with Gasteiger partial charge >= 0.3 is 0 Å². The van der Waals surface area contributed by atoms with Crippen LogP contribution in [0.3, 0.4) is 0 Å². The normalized spacial score (nSPS) is 14.1. The minimum atomic E-state index is -0.236. The van der Waals surface area contributed by atoms with E-state index in [-0.39, 0.29) is 5.82 Å². The quantitative estimate of drug-likeness (QED) is 0.725. The maximum atomic E-state index is 13.3. The molecule has 0 spiro atoms. The minimum Gasteiger partial charge on any atom is -0.306 e. The Morgan fingerprint density at radius 2 is 2.19 bits per heavy atom. The largest absolute Gasteiger partial charge is 0.306 e. The molecule has 2 heterocycles. The van der Waals surface area contributed by atoms with Gasteiger partial charge in [0.1, 0.15) is 11.6 Å². The van der Waals surface area contributed by atoms with Gasteiger partial charge in [0.05, 0.1) is 12.2 Å². The van der Waals surface area contributed by atoms with Crippen LogP contribution in [-0.2, 0) is 13.1 Å². The first-order valence-corrected chi connectivity index (χ1v) is 5.16. The fourth-order valence-electron chi connectivity index (χ4n) is 2.04. The van der Waals surface area contributed by atoms with Crippen LogP contribution in [0.2, 0.25) is 0 Å². The number of benzene rings is 1. The van der Waals surface area contributed by atoms with Crippen molar-refractivity contribution >= 4 is 0 Å². The van der Waals surface area contributed by atoms with Crippen molar-refractivity contribution in [3.05, 3.63) is 41.2 Å². The minimum absolute atomic E-state index is 0.236. The molecular formula is C11H11FN4. The molecule has 0 aliphatic carbocycles. The van der Waals surface area contributed by atoms with Crippen LogP contribution in [0.15, 0.2) is 18.2 Å². The number of halogens is 1. The summed E-state index contributed by atoms with van der Waals surface area (Å²) in [6.45, 7) is 3.24. The molecule has 5 heteroatoms. The number of fused-ring (bicyclic) bond motifs is 3. The lowest BCUT2D eigenvalue weighted by Gasteiger charge is -2.09. The van der Waals surface area contributed by atoms with Crippen LogP contribution in [-0.4, -0.2) is 14.8 Å². The second kappa shape index (κ2) is 3.38. The molecular weight excluding hydrogens is 207 g/mol. The van der Waals surface area contributed by atoms with Gasteiger partial charge in [0, 0.05) is 6.54 Å². The van der Waals surface area contributed by atoms with Gasteiger partial charge in [0.2, 0.25) is 0 Å². The van der Waals surface area contributed by atoms with E-state index >= 15 is 0 Å². The van der Waals surface area contributed by atoms with Crippen molar-refractivity contribution in [2.45, 2.75) is 20.0 Å². The Balaban J connectivity index is 2.30. The van der Waals surface area contributed by atoms with Gasteiger partial charge in [0.15, 0.2) is 5.82 Å². The SMILES string of the molecule is Cc1nnc2n1-c1cc(F)ccc1CNC2. The van der Waals surface area contributed by atoms with E-state index in [1.165, 1.54) is 12.1 Å². The topological polar surface area (TPSA) is 42.7 Å². The summed E-state index contributed by atoms with van der Waals surface area (Å²) < 4.78 is 15.2. The summed E-state index contributed by atoms with van der Waals surface area (Å²) >= 11 is 0. The van der Waals surface area contributed by atoms with Crippen molar-refractivity contribution in [1.82, 2.24) is 20.1 Å². The summed E-state index contributed by atoms with van der Waals surface area (Å²) in [6.07, 6.45) is 0. The van der Waals surface area contributed by atoms with E-state index < -0.39 is 0 Å². The first-order valence-electron chi connectivity index (χ1n) is 5.16. The molecule has 0 radical (unpaired) electrons. The van der Waals surface area contributed by atoms with Crippen molar-refractivity contribution in [3.8, 4) is 5.69 Å². The monoisotopic (exact) mass is 218 g/mol.